The molecule has 0 saturated carbocycles. The quantitative estimate of drug-likeness (QED) is 0.684. The van der Waals surface area contributed by atoms with Crippen LogP contribution in [-0.4, -0.2) is 51.3 Å². The zero-order chi connectivity index (χ0) is 21.5. The third-order valence-corrected chi connectivity index (χ3v) is 5.91. The van der Waals surface area contributed by atoms with Gasteiger partial charge in [-0.1, -0.05) is 18.9 Å². The summed E-state index contributed by atoms with van der Waals surface area (Å²) >= 11 is 0. The van der Waals surface area contributed by atoms with Gasteiger partial charge in [-0.05, 0) is 31.0 Å². The first-order valence-electron chi connectivity index (χ1n) is 9.31. The fraction of sp³-hybridized carbons (Fsp3) is 0.556. The molecule has 1 aliphatic rings. The molecule has 1 fully saturated rings. The van der Waals surface area contributed by atoms with Gasteiger partial charge in [0.25, 0.3) is 0 Å². The maximum absolute atomic E-state index is 12.7. The second kappa shape index (κ2) is 10.1. The monoisotopic (exact) mass is 435 g/mol. The van der Waals surface area contributed by atoms with E-state index in [1.165, 1.54) is 0 Å². The van der Waals surface area contributed by atoms with Crippen molar-refractivity contribution in [1.29, 1.82) is 0 Å². The Balaban J connectivity index is 1.80. The molecule has 11 heteroatoms. The fourth-order valence-electron chi connectivity index (χ4n) is 2.93. The Hall–Kier alpha value is -2.14. The lowest BCUT2D eigenvalue weighted by atomic mass is 10.2. The van der Waals surface area contributed by atoms with Gasteiger partial charge in [0.1, 0.15) is 0 Å². The zero-order valence-corrected chi connectivity index (χ0v) is 16.6. The van der Waals surface area contributed by atoms with E-state index in [1.807, 2.05) is 4.72 Å². The summed E-state index contributed by atoms with van der Waals surface area (Å²) in [4.78, 5) is 25.1. The Morgan fingerprint density at radius 1 is 1.07 bits per heavy atom. The first-order valence-corrected chi connectivity index (χ1v) is 10.8. The Kier molecular flexibility index (Phi) is 8.03. The van der Waals surface area contributed by atoms with Crippen molar-refractivity contribution in [2.24, 2.45) is 0 Å². The van der Waals surface area contributed by atoms with E-state index >= 15 is 0 Å². The van der Waals surface area contributed by atoms with Crippen LogP contribution in [0.4, 0.5) is 13.2 Å². The Labute approximate surface area is 167 Å². The highest BCUT2D eigenvalue weighted by atomic mass is 32.2. The van der Waals surface area contributed by atoms with E-state index in [0.717, 1.165) is 43.9 Å². The number of carbonyl (C=O) groups excluding carboxylic acids is 2. The molecule has 7 nitrogen and oxygen atoms in total. The van der Waals surface area contributed by atoms with Crippen molar-refractivity contribution >= 4 is 21.8 Å². The molecule has 1 saturated heterocycles. The number of amides is 2. The number of likely N-dealkylation sites (tertiary alicyclic amines) is 1. The average molecular weight is 435 g/mol. The minimum atomic E-state index is -4.68. The van der Waals surface area contributed by atoms with E-state index in [-0.39, 0.29) is 18.9 Å². The molecule has 0 aromatic heterocycles. The lowest BCUT2D eigenvalue weighted by molar-refractivity contribution is -0.137. The van der Waals surface area contributed by atoms with Crippen LogP contribution in [0, 0.1) is 0 Å². The minimum absolute atomic E-state index is 0.0550. The first-order chi connectivity index (χ1) is 13.6. The number of alkyl halides is 3. The SMILES string of the molecule is O=C(CNS(=O)(=O)c1cccc(C(F)(F)F)c1)NCCC(=O)N1CCCCCC1. The molecule has 0 radical (unpaired) electrons. The van der Waals surface area contributed by atoms with Crippen LogP contribution >= 0.6 is 0 Å². The second-order valence-corrected chi connectivity index (χ2v) is 8.51. The lowest BCUT2D eigenvalue weighted by Gasteiger charge is -2.20. The predicted molar refractivity (Wildman–Crippen MR) is 99.3 cm³/mol. The number of nitrogens with one attached hydrogen (secondary N) is 2. The van der Waals surface area contributed by atoms with Crippen molar-refractivity contribution in [3.05, 3.63) is 29.8 Å². The van der Waals surface area contributed by atoms with E-state index in [9.17, 15) is 31.2 Å². The molecule has 0 unspecified atom stereocenters. The van der Waals surface area contributed by atoms with Gasteiger partial charge in [0.2, 0.25) is 21.8 Å². The van der Waals surface area contributed by atoms with Gasteiger partial charge in [-0.3, -0.25) is 9.59 Å². The van der Waals surface area contributed by atoms with Crippen LogP contribution in [-0.2, 0) is 25.8 Å². The van der Waals surface area contributed by atoms with Crippen LogP contribution < -0.4 is 10.0 Å². The predicted octanol–water partition coefficient (Wildman–Crippen LogP) is 1.89. The molecule has 0 spiro atoms. The van der Waals surface area contributed by atoms with E-state index in [0.29, 0.717) is 19.2 Å². The maximum Gasteiger partial charge on any atom is 0.416 e. The fourth-order valence-corrected chi connectivity index (χ4v) is 3.96. The lowest BCUT2D eigenvalue weighted by Crippen LogP contribution is -2.39. The third kappa shape index (κ3) is 7.32. The molecule has 0 atom stereocenters. The van der Waals surface area contributed by atoms with Gasteiger partial charge in [-0.2, -0.15) is 13.2 Å². The summed E-state index contributed by atoms with van der Waals surface area (Å²) in [5.41, 5.74) is -1.10. The molecule has 2 rings (SSSR count). The molecule has 1 heterocycles. The van der Waals surface area contributed by atoms with Crippen molar-refractivity contribution < 1.29 is 31.2 Å². The molecular weight excluding hydrogens is 411 g/mol. The number of benzene rings is 1. The molecule has 162 valence electrons. The van der Waals surface area contributed by atoms with Crippen molar-refractivity contribution in [2.45, 2.75) is 43.2 Å². The van der Waals surface area contributed by atoms with Crippen LogP contribution in [0.25, 0.3) is 0 Å². The highest BCUT2D eigenvalue weighted by molar-refractivity contribution is 7.89. The summed E-state index contributed by atoms with van der Waals surface area (Å²) < 4.78 is 64.4. The normalized spacial score (nSPS) is 15.6. The van der Waals surface area contributed by atoms with Gasteiger partial charge < -0.3 is 10.2 Å². The van der Waals surface area contributed by atoms with Crippen molar-refractivity contribution in [2.75, 3.05) is 26.2 Å². The summed E-state index contributed by atoms with van der Waals surface area (Å²) in [6, 6.07) is 3.24. The number of rotatable bonds is 7. The summed E-state index contributed by atoms with van der Waals surface area (Å²) in [6.07, 6.45) is -0.487. The molecule has 1 aliphatic heterocycles. The van der Waals surface area contributed by atoms with Gasteiger partial charge in [0.15, 0.2) is 0 Å². The molecule has 0 bridgehead atoms. The molecule has 29 heavy (non-hydrogen) atoms. The molecule has 0 aliphatic carbocycles. The van der Waals surface area contributed by atoms with Crippen LogP contribution in [0.5, 0.6) is 0 Å². The molecule has 1 aromatic carbocycles. The van der Waals surface area contributed by atoms with Crippen LogP contribution in [0.3, 0.4) is 0 Å². The van der Waals surface area contributed by atoms with E-state index in [2.05, 4.69) is 5.32 Å². The summed E-state index contributed by atoms with van der Waals surface area (Å²) in [5, 5.41) is 2.43. The summed E-state index contributed by atoms with van der Waals surface area (Å²) in [5.74, 6) is -0.749. The number of halogens is 3. The van der Waals surface area contributed by atoms with Crippen LogP contribution in [0.1, 0.15) is 37.7 Å². The molecular formula is C18H24F3N3O4S. The van der Waals surface area contributed by atoms with Gasteiger partial charge in [0, 0.05) is 26.1 Å². The maximum atomic E-state index is 12.7. The van der Waals surface area contributed by atoms with Gasteiger partial charge in [-0.25, -0.2) is 13.1 Å². The Morgan fingerprint density at radius 3 is 2.34 bits per heavy atom. The van der Waals surface area contributed by atoms with Gasteiger partial charge in [0.05, 0.1) is 17.0 Å². The number of hydrogen-bond donors (Lipinski definition) is 2. The van der Waals surface area contributed by atoms with Crippen molar-refractivity contribution in [3.63, 3.8) is 0 Å². The number of sulfonamides is 1. The number of hydrogen-bond acceptors (Lipinski definition) is 4. The summed E-state index contributed by atoms with van der Waals surface area (Å²) in [6.45, 7) is 0.809. The van der Waals surface area contributed by atoms with E-state index < -0.39 is 39.1 Å². The van der Waals surface area contributed by atoms with Gasteiger partial charge in [-0.15, -0.1) is 0 Å². The van der Waals surface area contributed by atoms with Crippen molar-refractivity contribution in [1.82, 2.24) is 14.9 Å². The topological polar surface area (TPSA) is 95.6 Å². The van der Waals surface area contributed by atoms with Crippen LogP contribution in [0.2, 0.25) is 0 Å². The van der Waals surface area contributed by atoms with Crippen molar-refractivity contribution in [3.8, 4) is 0 Å². The molecule has 2 N–H and O–H groups in total. The first kappa shape index (κ1) is 23.1. The molecule has 1 aromatic rings. The Bertz CT molecular complexity index is 820. The highest BCUT2D eigenvalue weighted by Gasteiger charge is 2.31. The average Bonchev–Trinajstić information content (AvgIpc) is 2.95. The number of nitrogens with zero attached hydrogens (tertiary/aromatic N) is 1. The third-order valence-electron chi connectivity index (χ3n) is 4.51. The standard InChI is InChI=1S/C18H24F3N3O4S/c19-18(20,21)14-6-5-7-15(12-14)29(27,28)23-13-16(25)22-9-8-17(26)24-10-3-1-2-4-11-24/h5-7,12,23H,1-4,8-11,13H2,(H,22,25). The Morgan fingerprint density at radius 2 is 1.72 bits per heavy atom. The van der Waals surface area contributed by atoms with Gasteiger partial charge >= 0.3 is 6.18 Å². The largest absolute Gasteiger partial charge is 0.416 e. The van der Waals surface area contributed by atoms with E-state index in [4.69, 9.17) is 0 Å². The zero-order valence-electron chi connectivity index (χ0n) is 15.8. The second-order valence-electron chi connectivity index (χ2n) is 6.75. The minimum Gasteiger partial charge on any atom is -0.354 e. The van der Waals surface area contributed by atoms with E-state index in [1.54, 1.807) is 4.90 Å². The summed E-state index contributed by atoms with van der Waals surface area (Å²) in [7, 11) is -4.29. The number of carbonyl (C=O) groups is 2. The molecule has 2 amide bonds. The highest BCUT2D eigenvalue weighted by Crippen LogP contribution is 2.30. The van der Waals surface area contributed by atoms with Crippen LogP contribution in [0.15, 0.2) is 29.2 Å². The smallest absolute Gasteiger partial charge is 0.354 e.